The van der Waals surface area contributed by atoms with Crippen LogP contribution in [0.15, 0.2) is 0 Å². The number of amides is 2. The third kappa shape index (κ3) is 4.03. The monoisotopic (exact) mass is 226 g/mol. The van der Waals surface area contributed by atoms with E-state index in [1.165, 1.54) is 6.42 Å². The first-order chi connectivity index (χ1) is 7.29. The van der Waals surface area contributed by atoms with Crippen LogP contribution in [-0.4, -0.2) is 42.5 Å². The van der Waals surface area contributed by atoms with Crippen LogP contribution in [0.5, 0.6) is 0 Å². The molecule has 0 aromatic rings. The van der Waals surface area contributed by atoms with Crippen molar-refractivity contribution in [3.63, 3.8) is 0 Å². The number of urea groups is 1. The summed E-state index contributed by atoms with van der Waals surface area (Å²) in [6, 6.07) is 0.196. The zero-order valence-electron chi connectivity index (χ0n) is 11.4. The van der Waals surface area contributed by atoms with Gasteiger partial charge >= 0.3 is 6.03 Å². The van der Waals surface area contributed by atoms with Gasteiger partial charge in [-0.25, -0.2) is 4.79 Å². The Labute approximate surface area is 99.8 Å². The lowest BCUT2D eigenvalue weighted by atomic mass is 9.96. The highest BCUT2D eigenvalue weighted by atomic mass is 16.2. The molecule has 94 valence electrons. The maximum absolute atomic E-state index is 12.2. The van der Waals surface area contributed by atoms with E-state index in [0.29, 0.717) is 5.92 Å². The maximum Gasteiger partial charge on any atom is 0.319 e. The number of likely N-dealkylation sites (tertiary alicyclic amines) is 1. The molecule has 0 aliphatic carbocycles. The van der Waals surface area contributed by atoms with E-state index in [1.807, 2.05) is 16.8 Å². The molecule has 16 heavy (non-hydrogen) atoms. The van der Waals surface area contributed by atoms with Gasteiger partial charge in [-0.15, -0.1) is 0 Å². The Morgan fingerprint density at radius 2 is 2.06 bits per heavy atom. The molecule has 0 saturated carbocycles. The van der Waals surface area contributed by atoms with E-state index in [2.05, 4.69) is 27.7 Å². The van der Waals surface area contributed by atoms with Crippen molar-refractivity contribution in [1.82, 2.24) is 9.80 Å². The second-order valence-corrected chi connectivity index (χ2v) is 6.39. The third-order valence-corrected chi connectivity index (χ3v) is 2.97. The van der Waals surface area contributed by atoms with Gasteiger partial charge in [-0.3, -0.25) is 0 Å². The molecule has 0 radical (unpaired) electrons. The molecule has 2 amide bonds. The third-order valence-electron chi connectivity index (χ3n) is 2.97. The largest absolute Gasteiger partial charge is 0.327 e. The van der Waals surface area contributed by atoms with Crippen LogP contribution in [0.4, 0.5) is 4.79 Å². The molecule has 0 spiro atoms. The van der Waals surface area contributed by atoms with Gasteiger partial charge in [-0.05, 0) is 24.2 Å². The van der Waals surface area contributed by atoms with E-state index in [0.717, 1.165) is 26.1 Å². The number of piperidine rings is 1. The van der Waals surface area contributed by atoms with Crippen molar-refractivity contribution in [2.75, 3.05) is 26.7 Å². The summed E-state index contributed by atoms with van der Waals surface area (Å²) in [7, 11) is 1.91. The minimum atomic E-state index is 0.172. The van der Waals surface area contributed by atoms with Crippen molar-refractivity contribution >= 4 is 6.03 Å². The molecule has 1 fully saturated rings. The molecule has 1 aliphatic rings. The summed E-state index contributed by atoms with van der Waals surface area (Å²) in [5.74, 6) is 0.653. The zero-order valence-corrected chi connectivity index (χ0v) is 11.4. The molecule has 1 unspecified atom stereocenters. The lowest BCUT2D eigenvalue weighted by molar-refractivity contribution is 0.127. The summed E-state index contributed by atoms with van der Waals surface area (Å²) in [6.45, 7) is 11.4. The van der Waals surface area contributed by atoms with Crippen LogP contribution >= 0.6 is 0 Å². The number of hydrogen-bond acceptors (Lipinski definition) is 1. The van der Waals surface area contributed by atoms with Gasteiger partial charge in [0.05, 0.1) is 0 Å². The number of hydrogen-bond donors (Lipinski definition) is 0. The smallest absolute Gasteiger partial charge is 0.319 e. The lowest BCUT2D eigenvalue weighted by Crippen LogP contribution is -2.47. The molecule has 0 bridgehead atoms. The summed E-state index contributed by atoms with van der Waals surface area (Å²) in [4.78, 5) is 16.0. The second-order valence-electron chi connectivity index (χ2n) is 6.39. The topological polar surface area (TPSA) is 23.6 Å². The van der Waals surface area contributed by atoms with Gasteiger partial charge in [0.1, 0.15) is 0 Å². The number of carbonyl (C=O) groups excluding carboxylic acids is 1. The summed E-state index contributed by atoms with van der Waals surface area (Å²) in [5.41, 5.74) is 0.172. The minimum absolute atomic E-state index is 0.172. The molecule has 1 saturated heterocycles. The van der Waals surface area contributed by atoms with Crippen molar-refractivity contribution in [3.8, 4) is 0 Å². The van der Waals surface area contributed by atoms with E-state index >= 15 is 0 Å². The molecule has 1 heterocycles. The van der Waals surface area contributed by atoms with Crippen molar-refractivity contribution in [2.45, 2.75) is 40.5 Å². The average molecular weight is 226 g/mol. The fourth-order valence-electron chi connectivity index (χ4n) is 2.38. The summed E-state index contributed by atoms with van der Waals surface area (Å²) in [5, 5.41) is 0. The molecular weight excluding hydrogens is 200 g/mol. The van der Waals surface area contributed by atoms with Crippen LogP contribution in [0.2, 0.25) is 0 Å². The van der Waals surface area contributed by atoms with Gasteiger partial charge in [0, 0.05) is 26.7 Å². The van der Waals surface area contributed by atoms with Gasteiger partial charge in [-0.2, -0.15) is 0 Å². The highest BCUT2D eigenvalue weighted by molar-refractivity contribution is 5.74. The van der Waals surface area contributed by atoms with E-state index in [9.17, 15) is 4.79 Å². The predicted molar refractivity (Wildman–Crippen MR) is 67.5 cm³/mol. The van der Waals surface area contributed by atoms with Crippen LogP contribution in [-0.2, 0) is 0 Å². The first kappa shape index (κ1) is 13.3. The Kier molecular flexibility index (Phi) is 4.22. The predicted octanol–water partition coefficient (Wildman–Crippen LogP) is 2.82. The molecule has 3 nitrogen and oxygen atoms in total. The highest BCUT2D eigenvalue weighted by Gasteiger charge is 2.25. The maximum atomic E-state index is 12.2. The first-order valence-corrected chi connectivity index (χ1v) is 6.29. The molecule has 3 heteroatoms. The normalized spacial score (nSPS) is 22.1. The molecule has 0 N–H and O–H groups in total. The SMILES string of the molecule is CC1CCCN(C(=O)N(C)CC(C)(C)C)C1. The van der Waals surface area contributed by atoms with Gasteiger partial charge in [-0.1, -0.05) is 27.7 Å². The average Bonchev–Trinajstić information content (AvgIpc) is 2.14. The van der Waals surface area contributed by atoms with Gasteiger partial charge < -0.3 is 9.80 Å². The van der Waals surface area contributed by atoms with E-state index in [4.69, 9.17) is 0 Å². The van der Waals surface area contributed by atoms with E-state index < -0.39 is 0 Å². The molecule has 1 aliphatic heterocycles. The second kappa shape index (κ2) is 5.07. The van der Waals surface area contributed by atoms with E-state index in [1.54, 1.807) is 0 Å². The quantitative estimate of drug-likeness (QED) is 0.674. The fraction of sp³-hybridized carbons (Fsp3) is 0.923. The highest BCUT2D eigenvalue weighted by Crippen LogP contribution is 2.19. The Bertz CT molecular complexity index is 245. The molecule has 1 atom stereocenters. The molecule has 0 aromatic heterocycles. The standard InChI is InChI=1S/C13H26N2O/c1-11-7-6-8-15(9-11)12(16)14(5)10-13(2,3)4/h11H,6-10H2,1-5H3. The molecule has 1 rings (SSSR count). The Balaban J connectivity index is 2.49. The number of nitrogens with zero attached hydrogens (tertiary/aromatic N) is 2. The van der Waals surface area contributed by atoms with Gasteiger partial charge in [0.25, 0.3) is 0 Å². The van der Waals surface area contributed by atoms with Crippen LogP contribution < -0.4 is 0 Å². The van der Waals surface area contributed by atoms with Crippen LogP contribution in [0, 0.1) is 11.3 Å². The Morgan fingerprint density at radius 3 is 2.56 bits per heavy atom. The lowest BCUT2D eigenvalue weighted by Gasteiger charge is -2.36. The van der Waals surface area contributed by atoms with E-state index in [-0.39, 0.29) is 11.4 Å². The van der Waals surface area contributed by atoms with Gasteiger partial charge in [0.15, 0.2) is 0 Å². The van der Waals surface area contributed by atoms with Crippen LogP contribution in [0.3, 0.4) is 0 Å². The van der Waals surface area contributed by atoms with Gasteiger partial charge in [0.2, 0.25) is 0 Å². The Hall–Kier alpha value is -0.730. The first-order valence-electron chi connectivity index (χ1n) is 6.29. The molecule has 0 aromatic carbocycles. The molecular formula is C13H26N2O. The summed E-state index contributed by atoms with van der Waals surface area (Å²) in [6.07, 6.45) is 2.41. The van der Waals surface area contributed by atoms with Crippen LogP contribution in [0.1, 0.15) is 40.5 Å². The van der Waals surface area contributed by atoms with Crippen molar-refractivity contribution in [1.29, 1.82) is 0 Å². The number of rotatable bonds is 1. The van der Waals surface area contributed by atoms with Crippen LogP contribution in [0.25, 0.3) is 0 Å². The van der Waals surface area contributed by atoms with Crippen molar-refractivity contribution in [2.24, 2.45) is 11.3 Å². The summed E-state index contributed by atoms with van der Waals surface area (Å²) >= 11 is 0. The minimum Gasteiger partial charge on any atom is -0.327 e. The summed E-state index contributed by atoms with van der Waals surface area (Å²) < 4.78 is 0. The number of carbonyl (C=O) groups is 1. The fourth-order valence-corrected chi connectivity index (χ4v) is 2.38. The zero-order chi connectivity index (χ0) is 12.3. The Morgan fingerprint density at radius 1 is 1.44 bits per heavy atom. The van der Waals surface area contributed by atoms with Crippen molar-refractivity contribution < 1.29 is 4.79 Å². The van der Waals surface area contributed by atoms with Crippen molar-refractivity contribution in [3.05, 3.63) is 0 Å².